The summed E-state index contributed by atoms with van der Waals surface area (Å²) < 4.78 is 0. The lowest BCUT2D eigenvalue weighted by Gasteiger charge is -2.35. The van der Waals surface area contributed by atoms with Crippen molar-refractivity contribution < 1.29 is 4.79 Å². The van der Waals surface area contributed by atoms with Crippen LogP contribution in [0, 0.1) is 0 Å². The van der Waals surface area contributed by atoms with Crippen LogP contribution in [0.25, 0.3) is 0 Å². The molecule has 2 heterocycles. The van der Waals surface area contributed by atoms with Crippen molar-refractivity contribution in [1.82, 2.24) is 15.2 Å². The lowest BCUT2D eigenvalue weighted by Crippen LogP contribution is -2.52. The lowest BCUT2D eigenvalue weighted by atomic mass is 10.1. The van der Waals surface area contributed by atoms with E-state index in [2.05, 4.69) is 20.1 Å². The molecule has 0 spiro atoms. The molecule has 0 bridgehead atoms. The summed E-state index contributed by atoms with van der Waals surface area (Å²) in [5.74, 6) is 1.03. The highest BCUT2D eigenvalue weighted by Crippen LogP contribution is 2.14. The fourth-order valence-corrected chi connectivity index (χ4v) is 2.38. The predicted molar refractivity (Wildman–Crippen MR) is 85.2 cm³/mol. The van der Waals surface area contributed by atoms with Crippen LogP contribution in [0.2, 0.25) is 0 Å². The summed E-state index contributed by atoms with van der Waals surface area (Å²) in [6.45, 7) is 9.92. The van der Waals surface area contributed by atoms with Gasteiger partial charge in [-0.05, 0) is 32.9 Å². The average molecular weight is 291 g/mol. The molecule has 1 aliphatic heterocycles. The molecule has 1 saturated heterocycles. The fraction of sp³-hybridized carbons (Fsp3) is 0.600. The standard InChI is InChI=1S/C15H25N5O/c1-15(2,3)18-14(21)11-19-6-8-20(9-7-19)13-5-4-12(16)10-17-13/h4-5,10H,6-9,11,16H2,1-3H3,(H,18,21). The Morgan fingerprint density at radius 1 is 1.29 bits per heavy atom. The van der Waals surface area contributed by atoms with Crippen LogP contribution in [-0.4, -0.2) is 54.1 Å². The highest BCUT2D eigenvalue weighted by Gasteiger charge is 2.21. The first kappa shape index (κ1) is 15.6. The third-order valence-electron chi connectivity index (χ3n) is 3.35. The van der Waals surface area contributed by atoms with Crippen LogP contribution >= 0.6 is 0 Å². The zero-order chi connectivity index (χ0) is 15.5. The van der Waals surface area contributed by atoms with Crippen LogP contribution in [0.15, 0.2) is 18.3 Å². The van der Waals surface area contributed by atoms with Gasteiger partial charge in [-0.25, -0.2) is 4.98 Å². The molecule has 1 fully saturated rings. The summed E-state index contributed by atoms with van der Waals surface area (Å²) in [6.07, 6.45) is 1.68. The normalized spacial score (nSPS) is 16.8. The van der Waals surface area contributed by atoms with Gasteiger partial charge in [0.25, 0.3) is 0 Å². The van der Waals surface area contributed by atoms with Gasteiger partial charge in [-0.15, -0.1) is 0 Å². The second kappa shape index (κ2) is 6.30. The first-order valence-corrected chi connectivity index (χ1v) is 7.33. The number of nitrogens with zero attached hydrogens (tertiary/aromatic N) is 3. The number of rotatable bonds is 3. The summed E-state index contributed by atoms with van der Waals surface area (Å²) in [5.41, 5.74) is 6.15. The third kappa shape index (κ3) is 4.90. The highest BCUT2D eigenvalue weighted by atomic mass is 16.2. The van der Waals surface area contributed by atoms with E-state index in [0.29, 0.717) is 12.2 Å². The Kier molecular flexibility index (Phi) is 4.67. The van der Waals surface area contributed by atoms with E-state index in [4.69, 9.17) is 5.73 Å². The second-order valence-corrected chi connectivity index (χ2v) is 6.51. The Morgan fingerprint density at radius 2 is 1.95 bits per heavy atom. The number of pyridine rings is 1. The molecule has 6 nitrogen and oxygen atoms in total. The van der Waals surface area contributed by atoms with E-state index < -0.39 is 0 Å². The van der Waals surface area contributed by atoms with Crippen LogP contribution in [0.4, 0.5) is 11.5 Å². The number of amides is 1. The molecule has 1 amide bonds. The molecule has 2 rings (SSSR count). The van der Waals surface area contributed by atoms with Crippen LogP contribution in [0.5, 0.6) is 0 Å². The summed E-state index contributed by atoms with van der Waals surface area (Å²) >= 11 is 0. The Bertz CT molecular complexity index is 472. The molecule has 0 aliphatic carbocycles. The second-order valence-electron chi connectivity index (χ2n) is 6.51. The number of piperazine rings is 1. The molecule has 0 atom stereocenters. The predicted octanol–water partition coefficient (Wildman–Crippen LogP) is 0.701. The average Bonchev–Trinajstić information content (AvgIpc) is 2.38. The molecule has 0 aromatic carbocycles. The van der Waals surface area contributed by atoms with Gasteiger partial charge in [0, 0.05) is 31.7 Å². The van der Waals surface area contributed by atoms with E-state index in [1.54, 1.807) is 6.20 Å². The van der Waals surface area contributed by atoms with Crippen molar-refractivity contribution in [2.45, 2.75) is 26.3 Å². The zero-order valence-electron chi connectivity index (χ0n) is 13.1. The van der Waals surface area contributed by atoms with Crippen molar-refractivity contribution in [2.24, 2.45) is 0 Å². The zero-order valence-corrected chi connectivity index (χ0v) is 13.1. The van der Waals surface area contributed by atoms with Gasteiger partial charge in [-0.1, -0.05) is 0 Å². The summed E-state index contributed by atoms with van der Waals surface area (Å²) in [7, 11) is 0. The first-order valence-electron chi connectivity index (χ1n) is 7.33. The maximum Gasteiger partial charge on any atom is 0.234 e. The van der Waals surface area contributed by atoms with E-state index in [9.17, 15) is 4.79 Å². The van der Waals surface area contributed by atoms with Gasteiger partial charge in [-0.3, -0.25) is 9.69 Å². The smallest absolute Gasteiger partial charge is 0.234 e. The summed E-state index contributed by atoms with van der Waals surface area (Å²) in [4.78, 5) is 20.7. The highest BCUT2D eigenvalue weighted by molar-refractivity contribution is 5.78. The summed E-state index contributed by atoms with van der Waals surface area (Å²) in [6, 6.07) is 3.81. The van der Waals surface area contributed by atoms with Gasteiger partial charge in [-0.2, -0.15) is 0 Å². The lowest BCUT2D eigenvalue weighted by molar-refractivity contribution is -0.123. The van der Waals surface area contributed by atoms with Crippen LogP contribution < -0.4 is 16.0 Å². The van der Waals surface area contributed by atoms with Gasteiger partial charge in [0.2, 0.25) is 5.91 Å². The van der Waals surface area contributed by atoms with Crippen molar-refractivity contribution >= 4 is 17.4 Å². The number of aromatic nitrogens is 1. The SMILES string of the molecule is CC(C)(C)NC(=O)CN1CCN(c2ccc(N)cn2)CC1. The van der Waals surface area contributed by atoms with E-state index in [0.717, 1.165) is 32.0 Å². The van der Waals surface area contributed by atoms with E-state index >= 15 is 0 Å². The molecule has 21 heavy (non-hydrogen) atoms. The fourth-order valence-electron chi connectivity index (χ4n) is 2.38. The van der Waals surface area contributed by atoms with E-state index in [1.807, 2.05) is 32.9 Å². The third-order valence-corrected chi connectivity index (χ3v) is 3.35. The molecule has 0 unspecified atom stereocenters. The molecule has 3 N–H and O–H groups in total. The monoisotopic (exact) mass is 291 g/mol. The number of nitrogens with two attached hydrogens (primary N) is 1. The minimum Gasteiger partial charge on any atom is -0.397 e. The number of hydrogen-bond acceptors (Lipinski definition) is 5. The Balaban J connectivity index is 1.80. The quantitative estimate of drug-likeness (QED) is 0.857. The number of nitrogen functional groups attached to an aromatic ring is 1. The van der Waals surface area contributed by atoms with Crippen molar-refractivity contribution in [3.63, 3.8) is 0 Å². The molecule has 1 aromatic heterocycles. The number of carbonyl (C=O) groups excluding carboxylic acids is 1. The topological polar surface area (TPSA) is 74.5 Å². The van der Waals surface area contributed by atoms with Crippen molar-refractivity contribution in [2.75, 3.05) is 43.4 Å². The molecule has 1 aromatic rings. The van der Waals surface area contributed by atoms with Crippen LogP contribution in [0.1, 0.15) is 20.8 Å². The summed E-state index contributed by atoms with van der Waals surface area (Å²) in [5, 5.41) is 3.00. The van der Waals surface area contributed by atoms with Gasteiger partial charge >= 0.3 is 0 Å². The number of nitrogens with one attached hydrogen (secondary N) is 1. The van der Waals surface area contributed by atoms with Gasteiger partial charge in [0.1, 0.15) is 5.82 Å². The van der Waals surface area contributed by atoms with E-state index in [-0.39, 0.29) is 11.4 Å². The van der Waals surface area contributed by atoms with Crippen molar-refractivity contribution in [1.29, 1.82) is 0 Å². The largest absolute Gasteiger partial charge is 0.397 e. The molecule has 6 heteroatoms. The number of carbonyl (C=O) groups is 1. The maximum absolute atomic E-state index is 11.9. The van der Waals surface area contributed by atoms with E-state index in [1.165, 1.54) is 0 Å². The minimum atomic E-state index is -0.174. The maximum atomic E-state index is 11.9. The first-order chi connectivity index (χ1) is 9.83. The van der Waals surface area contributed by atoms with Crippen molar-refractivity contribution in [3.8, 4) is 0 Å². The number of hydrogen-bond donors (Lipinski definition) is 2. The Labute approximate surface area is 126 Å². The molecular weight excluding hydrogens is 266 g/mol. The van der Waals surface area contributed by atoms with Crippen molar-refractivity contribution in [3.05, 3.63) is 18.3 Å². The van der Waals surface area contributed by atoms with Gasteiger partial charge < -0.3 is 16.0 Å². The molecular formula is C15H25N5O. The number of anilines is 2. The van der Waals surface area contributed by atoms with Gasteiger partial charge in [0.15, 0.2) is 0 Å². The Hall–Kier alpha value is -1.82. The van der Waals surface area contributed by atoms with Crippen LogP contribution in [-0.2, 0) is 4.79 Å². The van der Waals surface area contributed by atoms with Crippen LogP contribution in [0.3, 0.4) is 0 Å². The molecule has 116 valence electrons. The molecule has 0 saturated carbocycles. The molecule has 0 radical (unpaired) electrons. The minimum absolute atomic E-state index is 0.0848. The molecule has 1 aliphatic rings. The Morgan fingerprint density at radius 3 is 2.48 bits per heavy atom. The van der Waals surface area contributed by atoms with Gasteiger partial charge in [0.05, 0.1) is 18.4 Å².